The van der Waals surface area contributed by atoms with E-state index < -0.39 is 0 Å². The molecule has 1 aromatic rings. The number of nitrogens with zero attached hydrogens (tertiary/aromatic N) is 1. The van der Waals surface area contributed by atoms with E-state index in [9.17, 15) is 4.79 Å². The normalized spacial score (nSPS) is 9.40. The number of Topliss-reactive ketones (excluding diaryl/α,β-unsaturated/α-hetero) is 1. The molecular weight excluding hydrogens is 216 g/mol. The zero-order valence-electron chi connectivity index (χ0n) is 8.08. The number of hydrogen-bond donors (Lipinski definition) is 1. The van der Waals surface area contributed by atoms with Gasteiger partial charge in [0, 0.05) is 6.07 Å². The van der Waals surface area contributed by atoms with E-state index in [1.807, 2.05) is 6.07 Å². The quantitative estimate of drug-likeness (QED) is 0.480. The lowest BCUT2D eigenvalue weighted by Gasteiger charge is -2.08. The molecule has 0 heterocycles. The molecule has 1 aromatic carbocycles. The van der Waals surface area contributed by atoms with Crippen LogP contribution in [-0.4, -0.2) is 18.8 Å². The number of nitrogen functional groups attached to an aromatic ring is 1. The number of methoxy groups -OCH3 is 1. The molecule has 15 heavy (non-hydrogen) atoms. The Bertz CT molecular complexity index is 438. The van der Waals surface area contributed by atoms with E-state index in [2.05, 4.69) is 0 Å². The van der Waals surface area contributed by atoms with Crippen molar-refractivity contribution >= 4 is 23.1 Å². The molecule has 0 aromatic heterocycles. The SMILES string of the molecule is COc1cc(C#N)c(N)cc1C(=O)CCl. The van der Waals surface area contributed by atoms with Crippen LogP contribution in [0.15, 0.2) is 12.1 Å². The van der Waals surface area contributed by atoms with Crippen LogP contribution < -0.4 is 10.5 Å². The van der Waals surface area contributed by atoms with Gasteiger partial charge in [-0.05, 0) is 6.07 Å². The van der Waals surface area contributed by atoms with Crippen molar-refractivity contribution in [1.29, 1.82) is 5.26 Å². The van der Waals surface area contributed by atoms with E-state index in [0.29, 0.717) is 11.3 Å². The first-order chi connectivity index (χ1) is 7.13. The number of halogens is 1. The van der Waals surface area contributed by atoms with Gasteiger partial charge in [-0.2, -0.15) is 5.26 Å². The van der Waals surface area contributed by atoms with Crippen LogP contribution in [0.3, 0.4) is 0 Å². The number of rotatable bonds is 3. The molecule has 0 saturated heterocycles. The van der Waals surface area contributed by atoms with E-state index in [1.54, 1.807) is 0 Å². The Morgan fingerprint density at radius 3 is 2.80 bits per heavy atom. The molecule has 5 heteroatoms. The minimum Gasteiger partial charge on any atom is -0.496 e. The lowest BCUT2D eigenvalue weighted by Crippen LogP contribution is -2.05. The van der Waals surface area contributed by atoms with Gasteiger partial charge in [0.2, 0.25) is 0 Å². The van der Waals surface area contributed by atoms with E-state index in [0.717, 1.165) is 0 Å². The largest absolute Gasteiger partial charge is 0.496 e. The van der Waals surface area contributed by atoms with E-state index in [-0.39, 0.29) is 22.9 Å². The molecule has 0 radical (unpaired) electrons. The van der Waals surface area contributed by atoms with Crippen LogP contribution >= 0.6 is 11.6 Å². The van der Waals surface area contributed by atoms with Crippen molar-refractivity contribution in [2.75, 3.05) is 18.7 Å². The third-order valence-electron chi connectivity index (χ3n) is 1.91. The maximum Gasteiger partial charge on any atom is 0.181 e. The molecule has 0 fully saturated rings. The number of ketones is 1. The van der Waals surface area contributed by atoms with Crippen LogP contribution in [0, 0.1) is 11.3 Å². The number of carbonyl (C=O) groups is 1. The minimum atomic E-state index is -0.287. The van der Waals surface area contributed by atoms with Crippen molar-refractivity contribution in [3.8, 4) is 11.8 Å². The second-order valence-corrected chi connectivity index (χ2v) is 3.08. The van der Waals surface area contributed by atoms with Gasteiger partial charge in [0.1, 0.15) is 11.8 Å². The molecule has 0 amide bonds. The third kappa shape index (κ3) is 2.20. The molecule has 0 aliphatic heterocycles. The third-order valence-corrected chi connectivity index (χ3v) is 2.16. The predicted molar refractivity (Wildman–Crippen MR) is 57.2 cm³/mol. The lowest BCUT2D eigenvalue weighted by molar-refractivity contribution is 0.101. The fourth-order valence-corrected chi connectivity index (χ4v) is 1.30. The number of nitriles is 1. The fourth-order valence-electron chi connectivity index (χ4n) is 1.15. The van der Waals surface area contributed by atoms with Crippen LogP contribution in [-0.2, 0) is 0 Å². The Kier molecular flexibility index (Phi) is 3.53. The Hall–Kier alpha value is -1.73. The molecule has 1 rings (SSSR count). The molecule has 0 spiro atoms. The maximum atomic E-state index is 11.4. The Balaban J connectivity index is 3.35. The van der Waals surface area contributed by atoms with E-state index in [1.165, 1.54) is 19.2 Å². The summed E-state index contributed by atoms with van der Waals surface area (Å²) in [6, 6.07) is 4.74. The predicted octanol–water partition coefficient (Wildman–Crippen LogP) is 1.57. The van der Waals surface area contributed by atoms with Gasteiger partial charge in [-0.1, -0.05) is 0 Å². The van der Waals surface area contributed by atoms with Crippen LogP contribution in [0.1, 0.15) is 15.9 Å². The Morgan fingerprint density at radius 2 is 2.33 bits per heavy atom. The second-order valence-electron chi connectivity index (χ2n) is 2.81. The average Bonchev–Trinajstić information content (AvgIpc) is 2.27. The van der Waals surface area contributed by atoms with Crippen molar-refractivity contribution in [2.24, 2.45) is 0 Å². The number of ether oxygens (including phenoxy) is 1. The topological polar surface area (TPSA) is 76.1 Å². The van der Waals surface area contributed by atoms with Gasteiger partial charge in [0.25, 0.3) is 0 Å². The van der Waals surface area contributed by atoms with Crippen LogP contribution in [0.25, 0.3) is 0 Å². The number of benzene rings is 1. The molecule has 0 saturated carbocycles. The monoisotopic (exact) mass is 224 g/mol. The summed E-state index contributed by atoms with van der Waals surface area (Å²) in [5.74, 6) is -0.127. The van der Waals surface area contributed by atoms with Crippen molar-refractivity contribution in [3.63, 3.8) is 0 Å². The van der Waals surface area contributed by atoms with Crippen molar-refractivity contribution in [3.05, 3.63) is 23.3 Å². The van der Waals surface area contributed by atoms with Crippen LogP contribution in [0.4, 0.5) is 5.69 Å². The van der Waals surface area contributed by atoms with Gasteiger partial charge >= 0.3 is 0 Å². The molecule has 4 nitrogen and oxygen atoms in total. The first-order valence-corrected chi connectivity index (χ1v) is 4.64. The molecular formula is C10H9ClN2O2. The molecule has 0 atom stereocenters. The summed E-state index contributed by atoms with van der Waals surface area (Å²) in [6.07, 6.45) is 0. The van der Waals surface area contributed by atoms with Crippen LogP contribution in [0.2, 0.25) is 0 Å². The van der Waals surface area contributed by atoms with E-state index in [4.69, 9.17) is 27.3 Å². The zero-order valence-corrected chi connectivity index (χ0v) is 8.84. The molecule has 2 N–H and O–H groups in total. The highest BCUT2D eigenvalue weighted by Gasteiger charge is 2.14. The fraction of sp³-hybridized carbons (Fsp3) is 0.200. The average molecular weight is 225 g/mol. The lowest BCUT2D eigenvalue weighted by atomic mass is 10.1. The van der Waals surface area contributed by atoms with Gasteiger partial charge in [-0.25, -0.2) is 0 Å². The number of carbonyl (C=O) groups excluding carboxylic acids is 1. The Labute approximate surface area is 92.2 Å². The highest BCUT2D eigenvalue weighted by molar-refractivity contribution is 6.30. The number of anilines is 1. The van der Waals surface area contributed by atoms with Crippen molar-refractivity contribution in [2.45, 2.75) is 0 Å². The summed E-state index contributed by atoms with van der Waals surface area (Å²) < 4.78 is 4.98. The van der Waals surface area contributed by atoms with Gasteiger partial charge in [0.15, 0.2) is 5.78 Å². The Morgan fingerprint density at radius 1 is 1.67 bits per heavy atom. The molecule has 0 aliphatic rings. The van der Waals surface area contributed by atoms with E-state index >= 15 is 0 Å². The molecule has 78 valence electrons. The van der Waals surface area contributed by atoms with Gasteiger partial charge in [0.05, 0.1) is 29.8 Å². The first-order valence-electron chi connectivity index (χ1n) is 4.10. The number of hydrogen-bond acceptors (Lipinski definition) is 4. The smallest absolute Gasteiger partial charge is 0.181 e. The summed E-state index contributed by atoms with van der Waals surface area (Å²) in [5, 5.41) is 8.73. The molecule has 0 aliphatic carbocycles. The summed E-state index contributed by atoms with van der Waals surface area (Å²) >= 11 is 5.43. The van der Waals surface area contributed by atoms with Gasteiger partial charge in [-0.15, -0.1) is 11.6 Å². The second kappa shape index (κ2) is 4.67. The minimum absolute atomic E-state index is 0.151. The maximum absolute atomic E-state index is 11.4. The standard InChI is InChI=1S/C10H9ClN2O2/c1-15-10-2-6(5-12)8(13)3-7(10)9(14)4-11/h2-3H,4,13H2,1H3. The molecule has 0 bridgehead atoms. The zero-order chi connectivity index (χ0) is 11.4. The highest BCUT2D eigenvalue weighted by atomic mass is 35.5. The summed E-state index contributed by atoms with van der Waals surface area (Å²) in [5.41, 5.74) is 6.39. The molecule has 0 unspecified atom stereocenters. The highest BCUT2D eigenvalue weighted by Crippen LogP contribution is 2.25. The summed E-state index contributed by atoms with van der Waals surface area (Å²) in [6.45, 7) is 0. The number of nitrogens with two attached hydrogens (primary N) is 1. The van der Waals surface area contributed by atoms with Crippen molar-refractivity contribution < 1.29 is 9.53 Å². The number of alkyl halides is 1. The van der Waals surface area contributed by atoms with Gasteiger partial charge in [-0.3, -0.25) is 4.79 Å². The first kappa shape index (κ1) is 11.3. The van der Waals surface area contributed by atoms with Crippen LogP contribution in [0.5, 0.6) is 5.75 Å². The van der Waals surface area contributed by atoms with Crippen molar-refractivity contribution in [1.82, 2.24) is 0 Å². The summed E-state index contributed by atoms with van der Waals surface area (Å²) in [4.78, 5) is 11.4. The van der Waals surface area contributed by atoms with Gasteiger partial charge < -0.3 is 10.5 Å². The summed E-state index contributed by atoms with van der Waals surface area (Å²) in [7, 11) is 1.41.